The third-order valence-electron chi connectivity index (χ3n) is 6.11. The summed E-state index contributed by atoms with van der Waals surface area (Å²) in [5.41, 5.74) is 4.83. The summed E-state index contributed by atoms with van der Waals surface area (Å²) >= 11 is 0. The van der Waals surface area contributed by atoms with Crippen LogP contribution in [0.4, 0.5) is 5.69 Å². The Labute approximate surface area is 173 Å². The number of benzene rings is 2. The molecule has 0 saturated carbocycles. The molecular weight excluding hydrogens is 362 g/mol. The zero-order valence-electron chi connectivity index (χ0n) is 17.3. The Morgan fingerprint density at radius 2 is 1.76 bits per heavy atom. The number of nitrogens with zero attached hydrogens (tertiary/aromatic N) is 2. The van der Waals surface area contributed by atoms with Crippen LogP contribution in [0.2, 0.25) is 0 Å². The summed E-state index contributed by atoms with van der Waals surface area (Å²) in [6.07, 6.45) is 4.47. The fraction of sp³-hybridized carbons (Fsp3) is 0.458. The third-order valence-corrected chi connectivity index (χ3v) is 6.11. The highest BCUT2D eigenvalue weighted by molar-refractivity contribution is 5.94. The van der Waals surface area contributed by atoms with Crippen molar-refractivity contribution in [3.05, 3.63) is 59.2 Å². The van der Waals surface area contributed by atoms with Crippen LogP contribution >= 0.6 is 0 Å². The minimum atomic E-state index is 0.0593. The van der Waals surface area contributed by atoms with Gasteiger partial charge in [0, 0.05) is 44.0 Å². The molecule has 2 aliphatic rings. The molecule has 0 spiro atoms. The zero-order valence-corrected chi connectivity index (χ0v) is 17.3. The van der Waals surface area contributed by atoms with Crippen molar-refractivity contribution in [1.82, 2.24) is 10.2 Å². The number of hydrogen-bond donors (Lipinski definition) is 1. The van der Waals surface area contributed by atoms with Crippen LogP contribution < -0.4 is 15.0 Å². The summed E-state index contributed by atoms with van der Waals surface area (Å²) in [6.45, 7) is 5.95. The van der Waals surface area contributed by atoms with E-state index < -0.39 is 0 Å². The standard InChI is InChI=1S/C24H31N3O2/c1-29-23-10-8-22(9-11-23)27-16-14-26(15-17-27)13-3-12-25-24(28)21-7-6-19-4-2-5-20(19)18-21/h6-11,18H,2-5,12-17H2,1H3,(H,25,28). The van der Waals surface area contributed by atoms with Gasteiger partial charge in [0.25, 0.3) is 5.91 Å². The van der Waals surface area contributed by atoms with Crippen molar-refractivity contribution in [3.63, 3.8) is 0 Å². The topological polar surface area (TPSA) is 44.8 Å². The van der Waals surface area contributed by atoms with Gasteiger partial charge < -0.3 is 15.0 Å². The summed E-state index contributed by atoms with van der Waals surface area (Å²) in [6, 6.07) is 14.5. The second-order valence-electron chi connectivity index (χ2n) is 7.97. The van der Waals surface area contributed by atoms with Gasteiger partial charge in [0.2, 0.25) is 0 Å². The number of hydrogen-bond acceptors (Lipinski definition) is 4. The van der Waals surface area contributed by atoms with Gasteiger partial charge in [-0.1, -0.05) is 6.07 Å². The maximum Gasteiger partial charge on any atom is 0.251 e. The van der Waals surface area contributed by atoms with Crippen molar-refractivity contribution in [2.75, 3.05) is 51.3 Å². The summed E-state index contributed by atoms with van der Waals surface area (Å²) < 4.78 is 5.24. The Bertz CT molecular complexity index is 827. The number of methoxy groups -OCH3 is 1. The Morgan fingerprint density at radius 1 is 1.00 bits per heavy atom. The van der Waals surface area contributed by atoms with Gasteiger partial charge in [-0.2, -0.15) is 0 Å². The van der Waals surface area contributed by atoms with Gasteiger partial charge in [-0.25, -0.2) is 0 Å². The highest BCUT2D eigenvalue weighted by Gasteiger charge is 2.17. The summed E-state index contributed by atoms with van der Waals surface area (Å²) in [7, 11) is 1.70. The van der Waals surface area contributed by atoms with E-state index in [1.165, 1.54) is 23.2 Å². The number of ether oxygens (including phenoxy) is 1. The molecule has 0 bridgehead atoms. The molecule has 0 atom stereocenters. The van der Waals surface area contributed by atoms with E-state index in [-0.39, 0.29) is 5.91 Å². The SMILES string of the molecule is COc1ccc(N2CCN(CCCNC(=O)c3ccc4c(c3)CCC4)CC2)cc1. The highest BCUT2D eigenvalue weighted by Crippen LogP contribution is 2.23. The molecule has 0 aromatic heterocycles. The van der Waals surface area contributed by atoms with Crippen LogP contribution in [-0.4, -0.2) is 57.2 Å². The molecule has 1 fully saturated rings. The number of carbonyl (C=O) groups excluding carboxylic acids is 1. The van der Waals surface area contributed by atoms with Gasteiger partial charge in [0.05, 0.1) is 7.11 Å². The lowest BCUT2D eigenvalue weighted by Crippen LogP contribution is -2.47. The van der Waals surface area contributed by atoms with Crippen LogP contribution in [0.15, 0.2) is 42.5 Å². The van der Waals surface area contributed by atoms with E-state index in [2.05, 4.69) is 39.4 Å². The number of aryl methyl sites for hydroxylation is 2. The van der Waals surface area contributed by atoms with Crippen LogP contribution in [0.5, 0.6) is 5.75 Å². The van der Waals surface area contributed by atoms with E-state index >= 15 is 0 Å². The number of piperazine rings is 1. The second kappa shape index (κ2) is 9.31. The Balaban J connectivity index is 1.16. The second-order valence-corrected chi connectivity index (χ2v) is 7.97. The summed E-state index contributed by atoms with van der Waals surface area (Å²) in [5.74, 6) is 0.957. The molecule has 0 radical (unpaired) electrons. The quantitative estimate of drug-likeness (QED) is 0.734. The van der Waals surface area contributed by atoms with Crippen LogP contribution in [0.3, 0.4) is 0 Å². The molecule has 154 valence electrons. The van der Waals surface area contributed by atoms with E-state index in [1.807, 2.05) is 18.2 Å². The number of fused-ring (bicyclic) bond motifs is 1. The lowest BCUT2D eigenvalue weighted by Gasteiger charge is -2.36. The van der Waals surface area contributed by atoms with Gasteiger partial charge in [0.1, 0.15) is 5.75 Å². The lowest BCUT2D eigenvalue weighted by molar-refractivity contribution is 0.0951. The maximum atomic E-state index is 12.4. The van der Waals surface area contributed by atoms with Crippen molar-refractivity contribution in [2.45, 2.75) is 25.7 Å². The first-order chi connectivity index (χ1) is 14.2. The smallest absolute Gasteiger partial charge is 0.251 e. The van der Waals surface area contributed by atoms with E-state index in [0.717, 1.165) is 69.8 Å². The molecule has 1 amide bonds. The average molecular weight is 394 g/mol. The van der Waals surface area contributed by atoms with Crippen molar-refractivity contribution in [3.8, 4) is 5.75 Å². The van der Waals surface area contributed by atoms with Gasteiger partial charge in [-0.15, -0.1) is 0 Å². The van der Waals surface area contributed by atoms with Crippen LogP contribution in [-0.2, 0) is 12.8 Å². The van der Waals surface area contributed by atoms with Gasteiger partial charge in [0.15, 0.2) is 0 Å². The molecule has 5 nitrogen and oxygen atoms in total. The molecule has 0 unspecified atom stereocenters. The molecule has 5 heteroatoms. The van der Waals surface area contributed by atoms with Crippen LogP contribution in [0, 0.1) is 0 Å². The van der Waals surface area contributed by atoms with E-state index in [9.17, 15) is 4.79 Å². The van der Waals surface area contributed by atoms with E-state index in [1.54, 1.807) is 7.11 Å². The largest absolute Gasteiger partial charge is 0.497 e. The average Bonchev–Trinajstić information content (AvgIpc) is 3.25. The molecule has 1 N–H and O–H groups in total. The molecule has 1 aliphatic heterocycles. The number of anilines is 1. The molecule has 2 aromatic carbocycles. The number of nitrogens with one attached hydrogen (secondary N) is 1. The Hall–Kier alpha value is -2.53. The first-order valence-corrected chi connectivity index (χ1v) is 10.7. The van der Waals surface area contributed by atoms with Gasteiger partial charge in [-0.05, 0) is 79.8 Å². The maximum absolute atomic E-state index is 12.4. The van der Waals surface area contributed by atoms with Crippen molar-refractivity contribution in [2.24, 2.45) is 0 Å². The van der Waals surface area contributed by atoms with E-state index in [0.29, 0.717) is 0 Å². The number of rotatable bonds is 7. The van der Waals surface area contributed by atoms with Crippen LogP contribution in [0.1, 0.15) is 34.3 Å². The van der Waals surface area contributed by atoms with Gasteiger partial charge in [-0.3, -0.25) is 9.69 Å². The predicted molar refractivity (Wildman–Crippen MR) is 117 cm³/mol. The summed E-state index contributed by atoms with van der Waals surface area (Å²) in [5, 5.41) is 3.09. The normalized spacial score (nSPS) is 16.5. The minimum absolute atomic E-state index is 0.0593. The summed E-state index contributed by atoms with van der Waals surface area (Å²) in [4.78, 5) is 17.3. The lowest BCUT2D eigenvalue weighted by atomic mass is 10.1. The molecule has 4 rings (SSSR count). The minimum Gasteiger partial charge on any atom is -0.497 e. The fourth-order valence-corrected chi connectivity index (χ4v) is 4.34. The van der Waals surface area contributed by atoms with Gasteiger partial charge >= 0.3 is 0 Å². The fourth-order valence-electron chi connectivity index (χ4n) is 4.34. The molecular formula is C24H31N3O2. The van der Waals surface area contributed by atoms with Crippen LogP contribution in [0.25, 0.3) is 0 Å². The molecule has 29 heavy (non-hydrogen) atoms. The first-order valence-electron chi connectivity index (χ1n) is 10.7. The predicted octanol–water partition coefficient (Wildman–Crippen LogP) is 3.13. The zero-order chi connectivity index (χ0) is 20.1. The van der Waals surface area contributed by atoms with E-state index in [4.69, 9.17) is 4.74 Å². The Kier molecular flexibility index (Phi) is 6.35. The van der Waals surface area contributed by atoms with Crippen molar-refractivity contribution < 1.29 is 9.53 Å². The first kappa shape index (κ1) is 19.8. The number of amides is 1. The molecule has 2 aromatic rings. The molecule has 1 aliphatic carbocycles. The van der Waals surface area contributed by atoms with Crippen molar-refractivity contribution in [1.29, 1.82) is 0 Å². The number of carbonyl (C=O) groups is 1. The third kappa shape index (κ3) is 4.91. The van der Waals surface area contributed by atoms with Crippen molar-refractivity contribution >= 4 is 11.6 Å². The highest BCUT2D eigenvalue weighted by atomic mass is 16.5. The molecule has 1 saturated heterocycles. The monoisotopic (exact) mass is 393 g/mol. The Morgan fingerprint density at radius 3 is 2.52 bits per heavy atom. The molecule has 1 heterocycles.